The Morgan fingerprint density at radius 2 is 2.04 bits per heavy atom. The van der Waals surface area contributed by atoms with Gasteiger partial charge in [0.15, 0.2) is 5.78 Å². The maximum absolute atomic E-state index is 13.8. The van der Waals surface area contributed by atoms with Crippen molar-refractivity contribution >= 4 is 11.7 Å². The van der Waals surface area contributed by atoms with E-state index in [9.17, 15) is 9.18 Å². The van der Waals surface area contributed by atoms with Crippen molar-refractivity contribution < 1.29 is 9.18 Å². The van der Waals surface area contributed by atoms with E-state index in [1.807, 2.05) is 27.9 Å². The summed E-state index contributed by atoms with van der Waals surface area (Å²) >= 11 is 0. The van der Waals surface area contributed by atoms with Crippen molar-refractivity contribution in [3.05, 3.63) is 41.5 Å². The Balaban J connectivity index is 2.38. The number of nitrogens with one attached hydrogen (secondary N) is 1. The number of carbonyl (C=O) groups excluding carboxylic acids is 1. The second-order valence-electron chi connectivity index (χ2n) is 6.63. The fourth-order valence-corrected chi connectivity index (χ4v) is 2.50. The van der Waals surface area contributed by atoms with Gasteiger partial charge in [0.1, 0.15) is 5.82 Å². The topological polar surface area (TPSA) is 58.1 Å². The Labute approximate surface area is 148 Å². The van der Waals surface area contributed by atoms with Crippen molar-refractivity contribution in [3.63, 3.8) is 0 Å². The zero-order valence-corrected chi connectivity index (χ0v) is 15.4. The molecule has 0 atom stereocenters. The second kappa shape index (κ2) is 8.16. The van der Waals surface area contributed by atoms with Crippen LogP contribution in [-0.2, 0) is 0 Å². The van der Waals surface area contributed by atoms with Gasteiger partial charge < -0.3 is 10.2 Å². The molecule has 0 saturated carbocycles. The fourth-order valence-electron chi connectivity index (χ4n) is 2.50. The minimum absolute atomic E-state index is 0.0837. The van der Waals surface area contributed by atoms with Crippen LogP contribution in [0, 0.1) is 5.82 Å². The Kier molecular flexibility index (Phi) is 6.20. The fraction of sp³-hybridized carbons (Fsp3) is 0.421. The van der Waals surface area contributed by atoms with Crippen LogP contribution in [0.15, 0.2) is 24.4 Å². The number of hydrogen-bond acceptors (Lipinski definition) is 5. The summed E-state index contributed by atoms with van der Waals surface area (Å²) < 4.78 is 13.8. The quantitative estimate of drug-likeness (QED) is 0.778. The van der Waals surface area contributed by atoms with Crippen molar-refractivity contribution in [2.24, 2.45) is 0 Å². The molecular formula is C19H25FN4O. The van der Waals surface area contributed by atoms with Gasteiger partial charge in [0.05, 0.1) is 11.3 Å². The second-order valence-corrected chi connectivity index (χ2v) is 6.63. The van der Waals surface area contributed by atoms with Crippen LogP contribution >= 0.6 is 0 Å². The van der Waals surface area contributed by atoms with Gasteiger partial charge in [0.25, 0.3) is 0 Å². The van der Waals surface area contributed by atoms with Crippen LogP contribution in [0.4, 0.5) is 10.3 Å². The van der Waals surface area contributed by atoms with Gasteiger partial charge in [-0.1, -0.05) is 19.9 Å². The monoisotopic (exact) mass is 344 g/mol. The van der Waals surface area contributed by atoms with Gasteiger partial charge in [-0.05, 0) is 44.6 Å². The van der Waals surface area contributed by atoms with Gasteiger partial charge >= 0.3 is 0 Å². The molecule has 0 saturated heterocycles. The van der Waals surface area contributed by atoms with Crippen molar-refractivity contribution in [2.75, 3.05) is 32.5 Å². The van der Waals surface area contributed by atoms with Gasteiger partial charge in [-0.25, -0.2) is 14.4 Å². The molecule has 6 heteroatoms. The maximum atomic E-state index is 13.8. The minimum atomic E-state index is -0.509. The molecule has 0 bridgehead atoms. The number of aromatic nitrogens is 2. The summed E-state index contributed by atoms with van der Waals surface area (Å²) in [7, 11) is 4.01. The van der Waals surface area contributed by atoms with E-state index in [-0.39, 0.29) is 17.3 Å². The smallest absolute Gasteiger partial charge is 0.222 e. The number of carbonyl (C=O) groups is 1. The van der Waals surface area contributed by atoms with Crippen LogP contribution in [0.25, 0.3) is 11.1 Å². The Morgan fingerprint density at radius 3 is 2.64 bits per heavy atom. The predicted octanol–water partition coefficient (Wildman–Crippen LogP) is 3.58. The number of likely N-dealkylation sites (N-methyl/N-ethyl adjacent to an activating group) is 1. The normalized spacial score (nSPS) is 11.2. The third-order valence-corrected chi connectivity index (χ3v) is 3.86. The number of nitrogens with zero attached hydrogens (tertiary/aromatic N) is 3. The molecule has 0 unspecified atom stereocenters. The lowest BCUT2D eigenvalue weighted by atomic mass is 9.97. The van der Waals surface area contributed by atoms with Crippen LogP contribution in [0.1, 0.15) is 42.7 Å². The van der Waals surface area contributed by atoms with Crippen LogP contribution in [0.3, 0.4) is 0 Å². The van der Waals surface area contributed by atoms with E-state index in [4.69, 9.17) is 0 Å². The molecule has 0 aliphatic carbocycles. The summed E-state index contributed by atoms with van der Waals surface area (Å²) in [6, 6.07) is 4.55. The molecule has 1 N–H and O–H groups in total. The van der Waals surface area contributed by atoms with Gasteiger partial charge in [-0.2, -0.15) is 0 Å². The number of halogens is 1. The SMILES string of the molecule is CC(=O)c1cc(-c2cnc(NCCN(C)C)nc2C(C)C)ccc1F. The predicted molar refractivity (Wildman–Crippen MR) is 98.6 cm³/mol. The Morgan fingerprint density at radius 1 is 1.32 bits per heavy atom. The highest BCUT2D eigenvalue weighted by Gasteiger charge is 2.15. The molecule has 1 aromatic carbocycles. The van der Waals surface area contributed by atoms with Crippen molar-refractivity contribution in [1.29, 1.82) is 0 Å². The van der Waals surface area contributed by atoms with Crippen molar-refractivity contribution in [3.8, 4) is 11.1 Å². The lowest BCUT2D eigenvalue weighted by Gasteiger charge is -2.15. The van der Waals surface area contributed by atoms with Crippen molar-refractivity contribution in [1.82, 2.24) is 14.9 Å². The molecule has 0 fully saturated rings. The summed E-state index contributed by atoms with van der Waals surface area (Å²) in [6.07, 6.45) is 1.73. The van der Waals surface area contributed by atoms with Crippen LogP contribution in [-0.4, -0.2) is 47.8 Å². The summed E-state index contributed by atoms with van der Waals surface area (Å²) in [4.78, 5) is 22.7. The highest BCUT2D eigenvalue weighted by atomic mass is 19.1. The number of anilines is 1. The third-order valence-electron chi connectivity index (χ3n) is 3.86. The number of ketones is 1. The highest BCUT2D eigenvalue weighted by Crippen LogP contribution is 2.29. The molecule has 0 radical (unpaired) electrons. The van der Waals surface area contributed by atoms with E-state index < -0.39 is 5.82 Å². The highest BCUT2D eigenvalue weighted by molar-refractivity contribution is 5.95. The Bertz CT molecular complexity index is 759. The number of rotatable bonds is 7. The molecule has 2 aromatic rings. The average Bonchev–Trinajstić information content (AvgIpc) is 2.54. The summed E-state index contributed by atoms with van der Waals surface area (Å²) in [5.74, 6) is -0.0694. The number of benzene rings is 1. The first-order valence-corrected chi connectivity index (χ1v) is 8.36. The van der Waals surface area contributed by atoms with Gasteiger partial charge in [0, 0.05) is 24.8 Å². The van der Waals surface area contributed by atoms with Gasteiger partial charge in [-0.15, -0.1) is 0 Å². The zero-order chi connectivity index (χ0) is 18.6. The first kappa shape index (κ1) is 19.0. The van der Waals surface area contributed by atoms with E-state index in [2.05, 4.69) is 20.2 Å². The van der Waals surface area contributed by atoms with Gasteiger partial charge in [-0.3, -0.25) is 4.79 Å². The lowest BCUT2D eigenvalue weighted by Crippen LogP contribution is -2.21. The first-order valence-electron chi connectivity index (χ1n) is 8.36. The minimum Gasteiger partial charge on any atom is -0.353 e. The molecule has 1 heterocycles. The molecule has 5 nitrogen and oxygen atoms in total. The Hall–Kier alpha value is -2.34. The molecule has 1 aromatic heterocycles. The molecule has 25 heavy (non-hydrogen) atoms. The lowest BCUT2D eigenvalue weighted by molar-refractivity contribution is 0.101. The third kappa shape index (κ3) is 4.82. The molecule has 0 amide bonds. The van der Waals surface area contributed by atoms with E-state index >= 15 is 0 Å². The molecule has 0 aliphatic heterocycles. The summed E-state index contributed by atoms with van der Waals surface area (Å²) in [6.45, 7) is 7.08. The van der Waals surface area contributed by atoms with Gasteiger partial charge in [0.2, 0.25) is 5.95 Å². The van der Waals surface area contributed by atoms with E-state index in [1.165, 1.54) is 13.0 Å². The number of hydrogen-bond donors (Lipinski definition) is 1. The largest absolute Gasteiger partial charge is 0.353 e. The molecule has 134 valence electrons. The van der Waals surface area contributed by atoms with Crippen LogP contribution < -0.4 is 5.32 Å². The maximum Gasteiger partial charge on any atom is 0.222 e. The summed E-state index contributed by atoms with van der Waals surface area (Å²) in [5.41, 5.74) is 2.51. The van der Waals surface area contributed by atoms with Crippen LogP contribution in [0.2, 0.25) is 0 Å². The standard InChI is InChI=1S/C19H25FN4O/c1-12(2)18-16(11-22-19(23-18)21-8-9-24(4)5)14-6-7-17(20)15(10-14)13(3)25/h6-7,10-12H,8-9H2,1-5H3,(H,21,22,23). The molecule has 0 aliphatic rings. The summed E-state index contributed by atoms with van der Waals surface area (Å²) in [5, 5.41) is 3.21. The van der Waals surface area contributed by atoms with E-state index in [0.29, 0.717) is 5.95 Å². The van der Waals surface area contributed by atoms with E-state index in [0.717, 1.165) is 29.9 Å². The van der Waals surface area contributed by atoms with Crippen molar-refractivity contribution in [2.45, 2.75) is 26.7 Å². The average molecular weight is 344 g/mol. The van der Waals surface area contributed by atoms with Crippen LogP contribution in [0.5, 0.6) is 0 Å². The molecular weight excluding hydrogens is 319 g/mol. The van der Waals surface area contributed by atoms with E-state index in [1.54, 1.807) is 18.3 Å². The number of Topliss-reactive ketones (excluding diaryl/α,β-unsaturated/α-hetero) is 1. The first-order chi connectivity index (χ1) is 11.8. The molecule has 0 spiro atoms. The molecule has 2 rings (SSSR count). The zero-order valence-electron chi connectivity index (χ0n) is 15.4.